The molecule has 1 heterocycles. The number of nitrogens with one attached hydrogen (secondary N) is 1. The molecule has 0 unspecified atom stereocenters. The van der Waals surface area contributed by atoms with Crippen LogP contribution in [0.4, 0.5) is 5.69 Å². The molecule has 5 aliphatic rings. The zero-order chi connectivity index (χ0) is 24.2. The van der Waals surface area contributed by atoms with Gasteiger partial charge in [-0.3, -0.25) is 19.3 Å². The Morgan fingerprint density at radius 3 is 2.14 bits per heavy atom. The predicted octanol–water partition coefficient (Wildman–Crippen LogP) is 5.18. The van der Waals surface area contributed by atoms with E-state index < -0.39 is 0 Å². The third kappa shape index (κ3) is 3.93. The number of likely N-dealkylation sites (tertiary alicyclic amines) is 1. The molecule has 35 heavy (non-hydrogen) atoms. The number of carbonyl (C=O) groups excluding carboxylic acids is 3. The summed E-state index contributed by atoms with van der Waals surface area (Å²) in [4.78, 5) is 38.9. The molecule has 4 aliphatic carbocycles. The molecule has 1 saturated heterocycles. The lowest BCUT2D eigenvalue weighted by Crippen LogP contribution is -2.48. The van der Waals surface area contributed by atoms with Crippen LogP contribution in [0.5, 0.6) is 5.75 Å². The van der Waals surface area contributed by atoms with Gasteiger partial charge < -0.3 is 10.1 Å². The first-order valence-corrected chi connectivity index (χ1v) is 12.9. The van der Waals surface area contributed by atoms with Gasteiger partial charge in [-0.1, -0.05) is 0 Å². The smallest absolute Gasteiger partial charge is 0.260 e. The van der Waals surface area contributed by atoms with Gasteiger partial charge in [0.05, 0.1) is 7.11 Å². The highest BCUT2D eigenvalue weighted by Gasteiger charge is 2.52. The third-order valence-corrected chi connectivity index (χ3v) is 8.78. The van der Waals surface area contributed by atoms with Crippen LogP contribution in [-0.4, -0.2) is 36.3 Å². The molecular formula is C29H32N2O4. The fourth-order valence-corrected chi connectivity index (χ4v) is 7.62. The first-order chi connectivity index (χ1) is 16.9. The summed E-state index contributed by atoms with van der Waals surface area (Å²) in [5.74, 6) is 2.74. The summed E-state index contributed by atoms with van der Waals surface area (Å²) in [5.41, 5.74) is 3.02. The highest BCUT2D eigenvalue weighted by Crippen LogP contribution is 2.61. The van der Waals surface area contributed by atoms with Gasteiger partial charge in [0.2, 0.25) is 5.91 Å². The Kier molecular flexibility index (Phi) is 5.42. The van der Waals surface area contributed by atoms with E-state index in [-0.39, 0.29) is 23.1 Å². The van der Waals surface area contributed by atoms with Crippen molar-refractivity contribution < 1.29 is 19.1 Å². The zero-order valence-corrected chi connectivity index (χ0v) is 20.2. The third-order valence-electron chi connectivity index (χ3n) is 8.78. The van der Waals surface area contributed by atoms with Crippen molar-refractivity contribution in [3.63, 3.8) is 0 Å². The molecule has 0 spiro atoms. The van der Waals surface area contributed by atoms with Gasteiger partial charge in [-0.25, -0.2) is 0 Å². The lowest BCUT2D eigenvalue weighted by Gasteiger charge is -2.57. The number of imide groups is 1. The van der Waals surface area contributed by atoms with Gasteiger partial charge in [-0.05, 0) is 111 Å². The molecule has 3 amide bonds. The number of hydrogen-bond donors (Lipinski definition) is 1. The van der Waals surface area contributed by atoms with Crippen LogP contribution in [0.25, 0.3) is 0 Å². The fourth-order valence-electron chi connectivity index (χ4n) is 7.62. The number of hydrogen-bond acceptors (Lipinski definition) is 4. The standard InChI is InChI=1S/C29H32N2O4/c1-35-25-9-6-22(14-24(25)29-15-18-11-19(16-29)13-20(12-18)17-29)27(33)30-23-7-4-21(5-8-23)28(34)31-10-2-3-26(31)32/h4-9,14,18-20H,2-3,10-13,15-17H2,1H3,(H,30,33). The fraction of sp³-hybridized carbons (Fsp3) is 0.483. The SMILES string of the molecule is COc1ccc(C(=O)Nc2ccc(C(=O)N3CCCC3=O)cc2)cc1C12CC3CC(CC(C3)C1)C2. The number of rotatable bonds is 5. The van der Waals surface area contributed by atoms with Crippen molar-refractivity contribution >= 4 is 23.4 Å². The maximum atomic E-state index is 13.2. The van der Waals surface area contributed by atoms with Crippen LogP contribution in [0.1, 0.15) is 77.6 Å². The van der Waals surface area contributed by atoms with Crippen molar-refractivity contribution in [2.45, 2.75) is 56.8 Å². The van der Waals surface area contributed by atoms with Crippen LogP contribution in [0.3, 0.4) is 0 Å². The lowest BCUT2D eigenvalue weighted by molar-refractivity contribution is -0.125. The van der Waals surface area contributed by atoms with Crippen LogP contribution in [0, 0.1) is 17.8 Å². The van der Waals surface area contributed by atoms with Crippen molar-refractivity contribution in [3.05, 3.63) is 59.2 Å². The Labute approximate surface area is 206 Å². The minimum Gasteiger partial charge on any atom is -0.496 e. The van der Waals surface area contributed by atoms with Crippen LogP contribution in [-0.2, 0) is 10.2 Å². The number of nitrogens with zero attached hydrogens (tertiary/aromatic N) is 1. The summed E-state index contributed by atoms with van der Waals surface area (Å²) in [6, 6.07) is 12.6. The van der Waals surface area contributed by atoms with Gasteiger partial charge >= 0.3 is 0 Å². The topological polar surface area (TPSA) is 75.7 Å². The van der Waals surface area contributed by atoms with Crippen LogP contribution >= 0.6 is 0 Å². The van der Waals surface area contributed by atoms with Gasteiger partial charge in [-0.15, -0.1) is 0 Å². The monoisotopic (exact) mass is 472 g/mol. The summed E-state index contributed by atoms with van der Waals surface area (Å²) in [7, 11) is 1.72. The second-order valence-corrected chi connectivity index (χ2v) is 11.1. The number of methoxy groups -OCH3 is 1. The average molecular weight is 473 g/mol. The number of amides is 3. The van der Waals surface area contributed by atoms with Crippen molar-refractivity contribution in [1.82, 2.24) is 4.90 Å². The molecule has 6 heteroatoms. The molecule has 5 fully saturated rings. The molecule has 1 aliphatic heterocycles. The Hall–Kier alpha value is -3.15. The predicted molar refractivity (Wildman–Crippen MR) is 133 cm³/mol. The van der Waals surface area contributed by atoms with E-state index in [2.05, 4.69) is 11.4 Å². The van der Waals surface area contributed by atoms with Crippen molar-refractivity contribution in [2.24, 2.45) is 17.8 Å². The summed E-state index contributed by atoms with van der Waals surface area (Å²) in [6.45, 7) is 0.472. The quantitative estimate of drug-likeness (QED) is 0.609. The molecule has 0 atom stereocenters. The van der Waals surface area contributed by atoms with Crippen molar-refractivity contribution in [2.75, 3.05) is 19.0 Å². The van der Waals surface area contributed by atoms with Gasteiger partial charge in [0, 0.05) is 35.3 Å². The Balaban J connectivity index is 1.21. The van der Waals surface area contributed by atoms with E-state index in [9.17, 15) is 14.4 Å². The minimum absolute atomic E-state index is 0.123. The van der Waals surface area contributed by atoms with E-state index in [1.165, 1.54) is 49.0 Å². The summed E-state index contributed by atoms with van der Waals surface area (Å²) in [6.07, 6.45) is 8.85. The van der Waals surface area contributed by atoms with Gasteiger partial charge in [0.15, 0.2) is 0 Å². The van der Waals surface area contributed by atoms with Crippen LogP contribution < -0.4 is 10.1 Å². The molecule has 4 saturated carbocycles. The summed E-state index contributed by atoms with van der Waals surface area (Å²) < 4.78 is 5.78. The summed E-state index contributed by atoms with van der Waals surface area (Å²) >= 11 is 0. The maximum absolute atomic E-state index is 13.2. The van der Waals surface area contributed by atoms with E-state index in [1.807, 2.05) is 12.1 Å². The second-order valence-electron chi connectivity index (χ2n) is 11.1. The molecule has 1 N–H and O–H groups in total. The van der Waals surface area contributed by atoms with Gasteiger partial charge in [-0.2, -0.15) is 0 Å². The Bertz CT molecular complexity index is 1150. The lowest BCUT2D eigenvalue weighted by atomic mass is 9.48. The van der Waals surface area contributed by atoms with Crippen molar-refractivity contribution in [3.8, 4) is 5.75 Å². The average Bonchev–Trinajstić information content (AvgIpc) is 3.28. The Morgan fingerprint density at radius 1 is 0.943 bits per heavy atom. The van der Waals surface area contributed by atoms with E-state index in [0.29, 0.717) is 36.2 Å². The maximum Gasteiger partial charge on any atom is 0.260 e. The normalized spacial score (nSPS) is 28.9. The molecule has 0 aromatic heterocycles. The first kappa shape index (κ1) is 22.3. The van der Waals surface area contributed by atoms with Crippen LogP contribution in [0.15, 0.2) is 42.5 Å². The molecule has 6 nitrogen and oxygen atoms in total. The largest absolute Gasteiger partial charge is 0.496 e. The first-order valence-electron chi connectivity index (χ1n) is 12.9. The van der Waals surface area contributed by atoms with Gasteiger partial charge in [0.1, 0.15) is 5.75 Å². The molecule has 2 aromatic carbocycles. The molecular weight excluding hydrogens is 440 g/mol. The zero-order valence-electron chi connectivity index (χ0n) is 20.2. The number of ether oxygens (including phenoxy) is 1. The number of anilines is 1. The van der Waals surface area contributed by atoms with E-state index in [0.717, 1.165) is 23.5 Å². The number of carbonyl (C=O) groups is 3. The summed E-state index contributed by atoms with van der Waals surface area (Å²) in [5, 5.41) is 2.97. The van der Waals surface area contributed by atoms with E-state index in [4.69, 9.17) is 4.74 Å². The highest BCUT2D eigenvalue weighted by molar-refractivity contribution is 6.07. The van der Waals surface area contributed by atoms with Gasteiger partial charge in [0.25, 0.3) is 11.8 Å². The minimum atomic E-state index is -0.277. The molecule has 0 radical (unpaired) electrons. The second kappa shape index (κ2) is 8.51. The number of benzene rings is 2. The highest BCUT2D eigenvalue weighted by atomic mass is 16.5. The van der Waals surface area contributed by atoms with Crippen molar-refractivity contribution in [1.29, 1.82) is 0 Å². The molecule has 7 rings (SSSR count). The molecule has 4 bridgehead atoms. The van der Waals surface area contributed by atoms with E-state index >= 15 is 0 Å². The van der Waals surface area contributed by atoms with E-state index in [1.54, 1.807) is 31.4 Å². The molecule has 2 aromatic rings. The Morgan fingerprint density at radius 2 is 1.57 bits per heavy atom. The van der Waals surface area contributed by atoms with Crippen LogP contribution in [0.2, 0.25) is 0 Å². The molecule has 182 valence electrons.